The van der Waals surface area contributed by atoms with Crippen LogP contribution in [-0.2, 0) is 23.8 Å². The number of carbonyl (C=O) groups is 2. The predicted molar refractivity (Wildman–Crippen MR) is 319 cm³/mol. The van der Waals surface area contributed by atoms with E-state index in [0.29, 0.717) is 19.3 Å². The highest BCUT2D eigenvalue weighted by Gasteiger charge is 2.47. The predicted octanol–water partition coefficient (Wildman–Crippen LogP) is 14.7. The Morgan fingerprint density at radius 2 is 0.935 bits per heavy atom. The van der Waals surface area contributed by atoms with E-state index in [0.717, 1.165) is 96.3 Å². The molecule has 0 saturated carbocycles. The summed E-state index contributed by atoms with van der Waals surface area (Å²) in [4.78, 5) is 26.5. The second-order valence-corrected chi connectivity index (χ2v) is 21.0. The van der Waals surface area contributed by atoms with E-state index < -0.39 is 67.4 Å². The van der Waals surface area contributed by atoms with Crippen LogP contribution in [0.15, 0.2) is 97.2 Å². The number of nitrogens with one attached hydrogen (secondary N) is 1. The Labute approximate surface area is 469 Å². The van der Waals surface area contributed by atoms with Gasteiger partial charge in [0.1, 0.15) is 24.4 Å². The quantitative estimate of drug-likeness (QED) is 0.0195. The van der Waals surface area contributed by atoms with Crippen molar-refractivity contribution in [1.82, 2.24) is 5.32 Å². The van der Waals surface area contributed by atoms with E-state index in [4.69, 9.17) is 14.2 Å². The Morgan fingerprint density at radius 3 is 1.43 bits per heavy atom. The maximum atomic E-state index is 13.4. The van der Waals surface area contributed by atoms with Crippen molar-refractivity contribution in [3.8, 4) is 0 Å². The smallest absolute Gasteiger partial charge is 0.306 e. The number of allylic oxidation sites excluding steroid dienone is 15. The molecule has 77 heavy (non-hydrogen) atoms. The van der Waals surface area contributed by atoms with Gasteiger partial charge in [0.25, 0.3) is 0 Å². The molecule has 0 aromatic heterocycles. The lowest BCUT2D eigenvalue weighted by atomic mass is 9.99. The van der Waals surface area contributed by atoms with Crippen LogP contribution in [0.5, 0.6) is 0 Å². The average Bonchev–Trinajstić information content (AvgIpc) is 3.43. The Morgan fingerprint density at radius 1 is 0.519 bits per heavy atom. The summed E-state index contributed by atoms with van der Waals surface area (Å²) in [6, 6.07) is -1.05. The van der Waals surface area contributed by atoms with Crippen molar-refractivity contribution >= 4 is 11.9 Å². The molecule has 1 saturated heterocycles. The first kappa shape index (κ1) is 71.6. The Bertz CT molecular complexity index is 1620. The number of ether oxygens (including phenoxy) is 3. The summed E-state index contributed by atoms with van der Waals surface area (Å²) < 4.78 is 17.6. The lowest BCUT2D eigenvalue weighted by Gasteiger charge is -2.41. The molecule has 11 nitrogen and oxygen atoms in total. The minimum atomic E-state index is -1.63. The van der Waals surface area contributed by atoms with Gasteiger partial charge in [0.15, 0.2) is 12.4 Å². The molecule has 11 heteroatoms. The van der Waals surface area contributed by atoms with E-state index in [2.05, 4.69) is 105 Å². The van der Waals surface area contributed by atoms with Gasteiger partial charge in [0.2, 0.25) is 5.91 Å². The van der Waals surface area contributed by atoms with E-state index in [1.54, 1.807) is 6.08 Å². The lowest BCUT2D eigenvalue weighted by Crippen LogP contribution is -2.61. The maximum absolute atomic E-state index is 13.4. The van der Waals surface area contributed by atoms with Crippen molar-refractivity contribution in [2.45, 2.75) is 294 Å². The van der Waals surface area contributed by atoms with Gasteiger partial charge in [0, 0.05) is 6.42 Å². The number of unbranched alkanes of at least 4 members (excludes halogenated alkanes) is 23. The molecule has 0 bridgehead atoms. The van der Waals surface area contributed by atoms with Gasteiger partial charge in [-0.3, -0.25) is 9.59 Å². The molecule has 0 aromatic carbocycles. The number of carbonyl (C=O) groups excluding carboxylic acids is 2. The molecule has 1 rings (SSSR count). The highest BCUT2D eigenvalue weighted by atomic mass is 16.7. The van der Waals surface area contributed by atoms with E-state index in [9.17, 15) is 35.1 Å². The monoisotopic (exact) mass is 1080 g/mol. The minimum Gasteiger partial charge on any atom is -0.454 e. The van der Waals surface area contributed by atoms with Crippen LogP contribution in [0, 0.1) is 0 Å². The molecule has 442 valence electrons. The van der Waals surface area contributed by atoms with Crippen molar-refractivity contribution in [2.24, 2.45) is 0 Å². The molecule has 0 aromatic rings. The van der Waals surface area contributed by atoms with Gasteiger partial charge >= 0.3 is 5.97 Å². The first-order chi connectivity index (χ1) is 37.7. The van der Waals surface area contributed by atoms with Crippen molar-refractivity contribution in [1.29, 1.82) is 0 Å². The molecule has 8 unspecified atom stereocenters. The van der Waals surface area contributed by atoms with Gasteiger partial charge in [-0.2, -0.15) is 0 Å². The first-order valence-corrected chi connectivity index (χ1v) is 31.0. The number of esters is 1. The van der Waals surface area contributed by atoms with Crippen LogP contribution >= 0.6 is 0 Å². The molecule has 1 amide bonds. The summed E-state index contributed by atoms with van der Waals surface area (Å²) in [6.07, 6.45) is 60.1. The second kappa shape index (κ2) is 53.2. The molecule has 6 N–H and O–H groups in total. The minimum absolute atomic E-state index is 0.109. The normalized spacial score (nSPS) is 19.7. The van der Waals surface area contributed by atoms with Gasteiger partial charge in [-0.15, -0.1) is 0 Å². The summed E-state index contributed by atoms with van der Waals surface area (Å²) in [6.45, 7) is 5.63. The van der Waals surface area contributed by atoms with Crippen molar-refractivity contribution in [3.05, 3.63) is 97.2 Å². The van der Waals surface area contributed by atoms with E-state index >= 15 is 0 Å². The number of rotatable bonds is 51. The lowest BCUT2D eigenvalue weighted by molar-refractivity contribution is -0.305. The second-order valence-electron chi connectivity index (χ2n) is 21.0. The summed E-state index contributed by atoms with van der Waals surface area (Å²) in [5, 5.41) is 56.9. The van der Waals surface area contributed by atoms with E-state index in [1.807, 2.05) is 12.2 Å². The summed E-state index contributed by atoms with van der Waals surface area (Å²) in [5.74, 6) is -1.25. The van der Waals surface area contributed by atoms with E-state index in [1.165, 1.54) is 96.3 Å². The van der Waals surface area contributed by atoms with Crippen LogP contribution in [0.1, 0.15) is 245 Å². The number of hydrogen-bond donors (Lipinski definition) is 6. The van der Waals surface area contributed by atoms with Crippen LogP contribution in [-0.4, -0.2) is 99.6 Å². The number of aliphatic hydroxyl groups excluding tert-OH is 5. The summed E-state index contributed by atoms with van der Waals surface area (Å²) in [5.41, 5.74) is 0. The largest absolute Gasteiger partial charge is 0.454 e. The third kappa shape index (κ3) is 41.3. The zero-order valence-corrected chi connectivity index (χ0v) is 48.8. The molecular formula is C66H113NO10. The Kier molecular flexibility index (Phi) is 49.5. The average molecular weight is 1080 g/mol. The Hall–Kier alpha value is -3.42. The zero-order chi connectivity index (χ0) is 56.1. The van der Waals surface area contributed by atoms with Gasteiger partial charge in [-0.25, -0.2) is 0 Å². The molecule has 0 spiro atoms. The molecule has 1 heterocycles. The number of hydrogen-bond acceptors (Lipinski definition) is 10. The highest BCUT2D eigenvalue weighted by molar-refractivity contribution is 5.80. The molecule has 1 fully saturated rings. The maximum Gasteiger partial charge on any atom is 0.306 e. The van der Waals surface area contributed by atoms with E-state index in [-0.39, 0.29) is 19.4 Å². The van der Waals surface area contributed by atoms with Crippen LogP contribution in [0.25, 0.3) is 0 Å². The number of aliphatic hydroxyl groups is 5. The SMILES string of the molecule is CC/C=C\C/C=C\C/C=C\C/C=C\C/C=C\C/C=C\CCCC(O)C(=O)NC(COC1OC(CO)C(O)C(O)C1OC(=O)CCCCCCCCC/C=C\CCCCCC)C(O)/C=C/CCCCCCCCCCCCC. The fraction of sp³-hybridized carbons (Fsp3) is 0.727. The summed E-state index contributed by atoms with van der Waals surface area (Å²) in [7, 11) is 0. The zero-order valence-electron chi connectivity index (χ0n) is 48.8. The molecule has 0 radical (unpaired) electrons. The molecule has 1 aliphatic heterocycles. The number of amides is 1. The van der Waals surface area contributed by atoms with Crippen LogP contribution in [0.4, 0.5) is 0 Å². The van der Waals surface area contributed by atoms with Crippen LogP contribution in [0.3, 0.4) is 0 Å². The van der Waals surface area contributed by atoms with Crippen molar-refractivity contribution in [3.63, 3.8) is 0 Å². The van der Waals surface area contributed by atoms with Gasteiger partial charge in [0.05, 0.1) is 25.4 Å². The molecule has 8 atom stereocenters. The van der Waals surface area contributed by atoms with Crippen LogP contribution in [0.2, 0.25) is 0 Å². The van der Waals surface area contributed by atoms with Gasteiger partial charge in [-0.05, 0) is 103 Å². The van der Waals surface area contributed by atoms with Crippen molar-refractivity contribution in [2.75, 3.05) is 13.2 Å². The molecule has 0 aliphatic carbocycles. The van der Waals surface area contributed by atoms with Crippen LogP contribution < -0.4 is 5.32 Å². The topological polar surface area (TPSA) is 175 Å². The third-order valence-corrected chi connectivity index (χ3v) is 14.0. The molecule has 1 aliphatic rings. The first-order valence-electron chi connectivity index (χ1n) is 31.0. The van der Waals surface area contributed by atoms with Gasteiger partial charge in [-0.1, -0.05) is 234 Å². The third-order valence-electron chi connectivity index (χ3n) is 14.0. The highest BCUT2D eigenvalue weighted by Crippen LogP contribution is 2.26. The summed E-state index contributed by atoms with van der Waals surface area (Å²) >= 11 is 0. The Balaban J connectivity index is 2.75. The van der Waals surface area contributed by atoms with Gasteiger partial charge < -0.3 is 45.1 Å². The fourth-order valence-corrected chi connectivity index (χ4v) is 9.07. The van der Waals surface area contributed by atoms with Crippen molar-refractivity contribution < 1.29 is 49.3 Å². The molecular weight excluding hydrogens is 967 g/mol. The fourth-order valence-electron chi connectivity index (χ4n) is 9.07. The standard InChI is InChI=1S/C66H113NO10/c1-4-7-10-13-16-19-22-25-27-28-29-30-31-33-35-38-41-44-47-50-53-59(70)65(74)67-57(58(69)52-49-46-43-40-37-34-24-21-18-15-12-9-6-3)56-75-66-64(63(73)62(72)60(55-68)76-66)77-61(71)54-51-48-45-42-39-36-32-26-23-20-17-14-11-8-5-2/h7,10,16,19-20,23,25,27,29-30,33,35,41,44,49,52,57-60,62-64,66,68-70,72-73H,4-6,8-9,11-15,17-18,21-22,24,26,28,31-32,34,36-40,42-43,45-48,50-51,53-56H2,1-3H3,(H,67,74)/b10-7-,19-16-,23-20-,27-25-,30-29-,35-33-,44-41-,52-49+.